The van der Waals surface area contributed by atoms with Crippen molar-refractivity contribution in [1.29, 1.82) is 10.5 Å². The summed E-state index contributed by atoms with van der Waals surface area (Å²) in [4.78, 5) is 28.2. The molecule has 39 heavy (non-hydrogen) atoms. The number of nitriles is 2. The molecule has 3 unspecified atom stereocenters. The Bertz CT molecular complexity index is 1760. The smallest absolute Gasteiger partial charge is 0.343 e. The minimum atomic E-state index is -0.989. The van der Waals surface area contributed by atoms with E-state index in [0.717, 1.165) is 29.4 Å². The molecule has 5 rings (SSSR count). The number of esters is 1. The number of ether oxygens (including phenoxy) is 2. The van der Waals surface area contributed by atoms with Gasteiger partial charge < -0.3 is 13.9 Å². The van der Waals surface area contributed by atoms with E-state index in [1.165, 1.54) is 0 Å². The lowest BCUT2D eigenvalue weighted by Crippen LogP contribution is -2.20. The summed E-state index contributed by atoms with van der Waals surface area (Å²) in [5, 5.41) is 19.7. The van der Waals surface area contributed by atoms with Crippen molar-refractivity contribution in [3.63, 3.8) is 0 Å². The SMILES string of the molecule is [C-]#[N+]/C(C#N)=C1\OC(C)(C)C(/C=C/c2cc3cc4c(cc3oc2=O)C#CC2C(CC4)C2C(=O)OCC)=C1C#N. The first-order chi connectivity index (χ1) is 18.7. The zero-order chi connectivity index (χ0) is 27.9. The van der Waals surface area contributed by atoms with E-state index in [1.54, 1.807) is 51.1 Å². The monoisotopic (exact) mass is 517 g/mol. The van der Waals surface area contributed by atoms with Gasteiger partial charge in [0.1, 0.15) is 17.3 Å². The fourth-order valence-corrected chi connectivity index (χ4v) is 5.29. The molecule has 1 aromatic heterocycles. The Morgan fingerprint density at radius 2 is 2.10 bits per heavy atom. The van der Waals surface area contributed by atoms with Crippen LogP contribution in [0.3, 0.4) is 0 Å². The third-order valence-corrected chi connectivity index (χ3v) is 7.31. The average molecular weight is 518 g/mol. The molecular weight excluding hydrogens is 494 g/mol. The lowest BCUT2D eigenvalue weighted by Gasteiger charge is -2.20. The number of nitrogens with zero attached hydrogens (tertiary/aromatic N) is 3. The third-order valence-electron chi connectivity index (χ3n) is 7.31. The molecule has 0 N–H and O–H groups in total. The van der Waals surface area contributed by atoms with Crippen molar-refractivity contribution in [3.8, 4) is 24.0 Å². The Morgan fingerprint density at radius 3 is 2.79 bits per heavy atom. The number of carbonyl (C=O) groups excluding carboxylic acids is 1. The van der Waals surface area contributed by atoms with Crippen LogP contribution in [-0.4, -0.2) is 18.2 Å². The molecule has 1 aromatic carbocycles. The Labute approximate surface area is 225 Å². The van der Waals surface area contributed by atoms with Crippen LogP contribution < -0.4 is 5.63 Å². The van der Waals surface area contributed by atoms with Gasteiger partial charge in [0.05, 0.1) is 36.3 Å². The van der Waals surface area contributed by atoms with Crippen LogP contribution in [0.2, 0.25) is 0 Å². The largest absolute Gasteiger partial charge is 0.492 e. The number of aryl methyl sites for hydroxylation is 1. The van der Waals surface area contributed by atoms with E-state index >= 15 is 0 Å². The highest BCUT2D eigenvalue weighted by atomic mass is 16.5. The molecule has 2 aromatic rings. The van der Waals surface area contributed by atoms with E-state index in [1.807, 2.05) is 12.1 Å². The van der Waals surface area contributed by atoms with Gasteiger partial charge >= 0.3 is 17.3 Å². The van der Waals surface area contributed by atoms with Gasteiger partial charge in [0.25, 0.3) is 0 Å². The summed E-state index contributed by atoms with van der Waals surface area (Å²) in [5.74, 6) is 6.16. The Hall–Kier alpha value is -5.05. The minimum absolute atomic E-state index is 0.00164. The molecule has 2 heterocycles. The molecule has 3 atom stereocenters. The van der Waals surface area contributed by atoms with Crippen LogP contribution in [0.15, 0.2) is 56.1 Å². The van der Waals surface area contributed by atoms with E-state index < -0.39 is 11.2 Å². The number of allylic oxidation sites excluding steroid dienone is 2. The fourth-order valence-electron chi connectivity index (χ4n) is 5.29. The van der Waals surface area contributed by atoms with Crippen molar-refractivity contribution in [2.45, 2.75) is 39.2 Å². The highest BCUT2D eigenvalue weighted by molar-refractivity contribution is 5.82. The number of hydrogen-bond acceptors (Lipinski definition) is 7. The molecule has 0 saturated heterocycles. The van der Waals surface area contributed by atoms with Gasteiger partial charge in [0, 0.05) is 22.4 Å². The van der Waals surface area contributed by atoms with Crippen LogP contribution in [-0.2, 0) is 20.7 Å². The first kappa shape index (κ1) is 25.6. The maximum atomic E-state index is 12.8. The van der Waals surface area contributed by atoms with Crippen LogP contribution in [0.4, 0.5) is 0 Å². The topological polar surface area (TPSA) is 118 Å². The minimum Gasteiger partial charge on any atom is -0.492 e. The number of benzene rings is 1. The predicted octanol–water partition coefficient (Wildman–Crippen LogP) is 4.81. The van der Waals surface area contributed by atoms with Gasteiger partial charge in [-0.15, -0.1) is 0 Å². The second kappa shape index (κ2) is 9.68. The number of hydrogen-bond donors (Lipinski definition) is 0. The first-order valence-corrected chi connectivity index (χ1v) is 12.6. The van der Waals surface area contributed by atoms with Gasteiger partial charge in [-0.3, -0.25) is 4.79 Å². The van der Waals surface area contributed by atoms with E-state index in [9.17, 15) is 20.1 Å². The standard InChI is InChI=1S/C31H23N3O5/c1-5-37-30(36)27-21-9-6-17-12-20-13-19(29(35)38-26(20)14-18(17)7-10-22(21)27)8-11-24-23(15-32)28(25(16-33)34-4)39-31(24,2)3/h8,11-14,21-22,27H,5-6,9H2,1-3H3/b11-8+,28-25-. The van der Waals surface area contributed by atoms with E-state index in [4.69, 9.17) is 20.5 Å². The molecule has 8 nitrogen and oxygen atoms in total. The summed E-state index contributed by atoms with van der Waals surface area (Å²) in [6.45, 7) is 12.8. The van der Waals surface area contributed by atoms with Crippen molar-refractivity contribution in [2.75, 3.05) is 6.61 Å². The van der Waals surface area contributed by atoms with E-state index in [2.05, 4.69) is 16.7 Å². The van der Waals surface area contributed by atoms with Gasteiger partial charge in [0.2, 0.25) is 0 Å². The third kappa shape index (κ3) is 4.48. The number of carbonyl (C=O) groups is 1. The lowest BCUT2D eigenvalue weighted by molar-refractivity contribution is -0.145. The Kier molecular flexibility index (Phi) is 6.35. The molecule has 1 saturated carbocycles. The number of rotatable bonds is 4. The zero-order valence-corrected chi connectivity index (χ0v) is 21.6. The highest BCUT2D eigenvalue weighted by Crippen LogP contribution is 2.50. The fraction of sp³-hybridized carbons (Fsp3) is 0.323. The van der Waals surface area contributed by atoms with Gasteiger partial charge in [-0.05, 0) is 69.4 Å². The summed E-state index contributed by atoms with van der Waals surface area (Å²) >= 11 is 0. The van der Waals surface area contributed by atoms with Crippen molar-refractivity contribution >= 4 is 23.0 Å². The van der Waals surface area contributed by atoms with Crippen molar-refractivity contribution in [3.05, 3.63) is 85.4 Å². The zero-order valence-electron chi connectivity index (χ0n) is 21.6. The number of fused-ring (bicyclic) bond motifs is 3. The van der Waals surface area contributed by atoms with Crippen LogP contribution in [0.1, 0.15) is 43.9 Å². The molecule has 0 amide bonds. The van der Waals surface area contributed by atoms with Crippen LogP contribution >= 0.6 is 0 Å². The maximum absolute atomic E-state index is 12.8. The second-order valence-electron chi connectivity index (χ2n) is 10.1. The van der Waals surface area contributed by atoms with Crippen molar-refractivity contribution < 1.29 is 18.7 Å². The first-order valence-electron chi connectivity index (χ1n) is 12.6. The van der Waals surface area contributed by atoms with Crippen molar-refractivity contribution in [2.24, 2.45) is 17.8 Å². The Balaban J connectivity index is 1.49. The predicted molar refractivity (Wildman–Crippen MR) is 141 cm³/mol. The molecular formula is C31H23N3O5. The van der Waals surface area contributed by atoms with Crippen LogP contribution in [0.25, 0.3) is 21.9 Å². The lowest BCUT2D eigenvalue weighted by atomic mass is 9.94. The normalized spacial score (nSPS) is 23.5. The molecule has 1 fully saturated rings. The molecule has 1 aliphatic heterocycles. The van der Waals surface area contributed by atoms with Crippen molar-refractivity contribution in [1.82, 2.24) is 0 Å². The van der Waals surface area contributed by atoms with Crippen LogP contribution in [0, 0.1) is 58.8 Å². The summed E-state index contributed by atoms with van der Waals surface area (Å²) in [6.07, 6.45) is 4.69. The van der Waals surface area contributed by atoms with E-state index in [0.29, 0.717) is 17.8 Å². The summed E-state index contributed by atoms with van der Waals surface area (Å²) in [5.41, 5.74) is 1.14. The molecule has 0 bridgehead atoms. The summed E-state index contributed by atoms with van der Waals surface area (Å²) in [7, 11) is 0. The quantitative estimate of drug-likeness (QED) is 0.188. The van der Waals surface area contributed by atoms with Gasteiger partial charge in [-0.1, -0.05) is 17.9 Å². The van der Waals surface area contributed by atoms with E-state index in [-0.39, 0.29) is 46.3 Å². The summed E-state index contributed by atoms with van der Waals surface area (Å²) < 4.78 is 16.6. The highest BCUT2D eigenvalue weighted by Gasteiger charge is 2.54. The molecule has 3 aliphatic rings. The summed E-state index contributed by atoms with van der Waals surface area (Å²) in [6, 6.07) is 9.24. The maximum Gasteiger partial charge on any atom is 0.343 e. The molecule has 0 spiro atoms. The van der Waals surface area contributed by atoms with Gasteiger partial charge in [-0.25, -0.2) is 14.9 Å². The molecule has 0 radical (unpaired) electrons. The molecule has 2 aliphatic carbocycles. The average Bonchev–Trinajstić information content (AvgIpc) is 3.52. The van der Waals surface area contributed by atoms with Gasteiger partial charge in [-0.2, -0.15) is 5.26 Å². The molecule has 8 heteroatoms. The second-order valence-corrected chi connectivity index (χ2v) is 10.1. The Morgan fingerprint density at radius 1 is 1.31 bits per heavy atom. The molecule has 192 valence electrons. The van der Waals surface area contributed by atoms with Crippen LogP contribution in [0.5, 0.6) is 0 Å². The van der Waals surface area contributed by atoms with Gasteiger partial charge in [0.15, 0.2) is 5.76 Å².